The molecule has 0 aliphatic rings. The molecule has 0 radical (unpaired) electrons. The van der Waals surface area contributed by atoms with Gasteiger partial charge in [-0.15, -0.1) is 0 Å². The van der Waals surface area contributed by atoms with Crippen LogP contribution in [0.25, 0.3) is 0 Å². The van der Waals surface area contributed by atoms with Crippen molar-refractivity contribution in [2.45, 2.75) is 24.3 Å². The fourth-order valence-electron chi connectivity index (χ4n) is 1.57. The van der Waals surface area contributed by atoms with Crippen molar-refractivity contribution in [2.75, 3.05) is 13.7 Å². The highest BCUT2D eigenvalue weighted by Gasteiger charge is 2.24. The first-order valence-corrected chi connectivity index (χ1v) is 7.38. The standard InChI is InChI=1S/C11H17N3O5S/c1-3-8(7-12)13-20(17,18)11-5-4-9(14(15)16)6-10(11)19-2/h4-6,8,13H,3,7,12H2,1-2H3. The zero-order chi connectivity index (χ0) is 15.3. The Morgan fingerprint density at radius 3 is 2.60 bits per heavy atom. The molecule has 1 atom stereocenters. The van der Waals surface area contributed by atoms with E-state index in [1.807, 2.05) is 0 Å². The van der Waals surface area contributed by atoms with Crippen molar-refractivity contribution in [2.24, 2.45) is 5.73 Å². The lowest BCUT2D eigenvalue weighted by atomic mass is 10.2. The van der Waals surface area contributed by atoms with Gasteiger partial charge in [-0.05, 0) is 12.5 Å². The number of nitrogens with one attached hydrogen (secondary N) is 1. The summed E-state index contributed by atoms with van der Waals surface area (Å²) in [6.45, 7) is 1.96. The Bertz CT molecular complexity index is 584. The van der Waals surface area contributed by atoms with Crippen molar-refractivity contribution in [3.63, 3.8) is 0 Å². The van der Waals surface area contributed by atoms with Crippen LogP contribution in [0.1, 0.15) is 13.3 Å². The molecule has 3 N–H and O–H groups in total. The fourth-order valence-corrected chi connectivity index (χ4v) is 3.06. The maximum absolute atomic E-state index is 12.2. The number of sulfonamides is 1. The molecular weight excluding hydrogens is 286 g/mol. The molecule has 0 bridgehead atoms. The number of non-ortho nitro benzene ring substituents is 1. The summed E-state index contributed by atoms with van der Waals surface area (Å²) in [5.74, 6) is -0.0847. The van der Waals surface area contributed by atoms with Crippen molar-refractivity contribution in [1.82, 2.24) is 4.72 Å². The van der Waals surface area contributed by atoms with E-state index in [0.29, 0.717) is 6.42 Å². The quantitative estimate of drug-likeness (QED) is 0.562. The second-order valence-corrected chi connectivity index (χ2v) is 5.74. The first kappa shape index (κ1) is 16.3. The van der Waals surface area contributed by atoms with Gasteiger partial charge < -0.3 is 10.5 Å². The number of nitro benzene ring substituents is 1. The van der Waals surface area contributed by atoms with Crippen molar-refractivity contribution >= 4 is 15.7 Å². The minimum Gasteiger partial charge on any atom is -0.495 e. The van der Waals surface area contributed by atoms with Gasteiger partial charge in [0.25, 0.3) is 5.69 Å². The van der Waals surface area contributed by atoms with Crippen molar-refractivity contribution < 1.29 is 18.1 Å². The highest BCUT2D eigenvalue weighted by atomic mass is 32.2. The molecule has 0 aliphatic heterocycles. The highest BCUT2D eigenvalue weighted by Crippen LogP contribution is 2.28. The third-order valence-electron chi connectivity index (χ3n) is 2.75. The van der Waals surface area contributed by atoms with Crippen LogP contribution in [0, 0.1) is 10.1 Å². The summed E-state index contributed by atoms with van der Waals surface area (Å²) in [5, 5.41) is 10.7. The Kier molecular flexibility index (Phi) is 5.43. The van der Waals surface area contributed by atoms with Crippen LogP contribution >= 0.6 is 0 Å². The molecule has 112 valence electrons. The number of rotatable bonds is 7. The van der Waals surface area contributed by atoms with Crippen LogP contribution in [-0.4, -0.2) is 33.0 Å². The van der Waals surface area contributed by atoms with Crippen molar-refractivity contribution in [3.8, 4) is 5.75 Å². The van der Waals surface area contributed by atoms with Crippen LogP contribution in [-0.2, 0) is 10.0 Å². The third kappa shape index (κ3) is 3.65. The van der Waals surface area contributed by atoms with Crippen LogP contribution in [0.5, 0.6) is 5.75 Å². The molecule has 0 aromatic heterocycles. The van der Waals surface area contributed by atoms with Gasteiger partial charge in [0.05, 0.1) is 18.1 Å². The van der Waals surface area contributed by atoms with Crippen LogP contribution in [0.15, 0.2) is 23.1 Å². The Hall–Kier alpha value is -1.71. The number of benzene rings is 1. The predicted octanol–water partition coefficient (Wildman–Crippen LogP) is 0.619. The molecule has 1 rings (SSSR count). The van der Waals surface area contributed by atoms with E-state index in [2.05, 4.69) is 4.72 Å². The number of methoxy groups -OCH3 is 1. The number of nitrogens with two attached hydrogens (primary N) is 1. The lowest BCUT2D eigenvalue weighted by Crippen LogP contribution is -2.39. The zero-order valence-corrected chi connectivity index (χ0v) is 12.0. The number of hydrogen-bond acceptors (Lipinski definition) is 6. The highest BCUT2D eigenvalue weighted by molar-refractivity contribution is 7.89. The van der Waals surface area contributed by atoms with Gasteiger partial charge in [0.1, 0.15) is 10.6 Å². The maximum Gasteiger partial charge on any atom is 0.273 e. The van der Waals surface area contributed by atoms with E-state index in [-0.39, 0.29) is 22.9 Å². The predicted molar refractivity (Wildman–Crippen MR) is 73.1 cm³/mol. The summed E-state index contributed by atoms with van der Waals surface area (Å²) in [6.07, 6.45) is 0.533. The summed E-state index contributed by atoms with van der Waals surface area (Å²) < 4.78 is 31.8. The van der Waals surface area contributed by atoms with Crippen molar-refractivity contribution in [1.29, 1.82) is 0 Å². The molecule has 0 heterocycles. The largest absolute Gasteiger partial charge is 0.495 e. The number of hydrogen-bond donors (Lipinski definition) is 2. The Morgan fingerprint density at radius 1 is 1.50 bits per heavy atom. The van der Waals surface area contributed by atoms with Gasteiger partial charge in [-0.25, -0.2) is 13.1 Å². The van der Waals surface area contributed by atoms with Gasteiger partial charge >= 0.3 is 0 Å². The summed E-state index contributed by atoms with van der Waals surface area (Å²) in [4.78, 5) is 9.89. The zero-order valence-electron chi connectivity index (χ0n) is 11.2. The molecule has 0 fully saturated rings. The van der Waals surface area contributed by atoms with Crippen molar-refractivity contribution in [3.05, 3.63) is 28.3 Å². The molecular formula is C11H17N3O5S. The summed E-state index contributed by atoms with van der Waals surface area (Å²) in [6, 6.07) is 2.92. The second-order valence-electron chi connectivity index (χ2n) is 4.05. The minimum absolute atomic E-state index is 0.0847. The minimum atomic E-state index is -3.85. The Balaban J connectivity index is 3.21. The normalized spacial score (nSPS) is 12.9. The topological polar surface area (TPSA) is 125 Å². The van der Waals surface area contributed by atoms with Crippen LogP contribution in [0.2, 0.25) is 0 Å². The number of nitrogens with zero attached hydrogens (tertiary/aromatic N) is 1. The fraction of sp³-hybridized carbons (Fsp3) is 0.455. The SMILES string of the molecule is CCC(CN)NS(=O)(=O)c1ccc([N+](=O)[O-])cc1OC. The molecule has 20 heavy (non-hydrogen) atoms. The molecule has 1 aromatic rings. The first-order chi connectivity index (χ1) is 9.35. The molecule has 1 aromatic carbocycles. The first-order valence-electron chi connectivity index (χ1n) is 5.90. The molecule has 0 spiro atoms. The Labute approximate surface area is 117 Å². The van der Waals surface area contributed by atoms with E-state index >= 15 is 0 Å². The monoisotopic (exact) mass is 303 g/mol. The van der Waals surface area contributed by atoms with Crippen LogP contribution < -0.4 is 15.2 Å². The van der Waals surface area contributed by atoms with E-state index < -0.39 is 21.0 Å². The summed E-state index contributed by atoms with van der Waals surface area (Å²) in [5.41, 5.74) is 5.21. The van der Waals surface area contributed by atoms with E-state index in [9.17, 15) is 18.5 Å². The Morgan fingerprint density at radius 2 is 2.15 bits per heavy atom. The smallest absolute Gasteiger partial charge is 0.273 e. The lowest BCUT2D eigenvalue weighted by Gasteiger charge is -2.16. The average Bonchev–Trinajstić information content (AvgIpc) is 2.43. The third-order valence-corrected chi connectivity index (χ3v) is 4.31. The maximum atomic E-state index is 12.2. The molecule has 8 nitrogen and oxygen atoms in total. The molecule has 0 aliphatic carbocycles. The number of nitro groups is 1. The van der Waals surface area contributed by atoms with Gasteiger partial charge in [0.2, 0.25) is 10.0 Å². The van der Waals surface area contributed by atoms with E-state index in [4.69, 9.17) is 10.5 Å². The van der Waals surface area contributed by atoms with Gasteiger partial charge in [-0.1, -0.05) is 6.92 Å². The molecule has 0 saturated heterocycles. The molecule has 1 unspecified atom stereocenters. The summed E-state index contributed by atoms with van der Waals surface area (Å²) in [7, 11) is -2.60. The van der Waals surface area contributed by atoms with Gasteiger partial charge in [0.15, 0.2) is 0 Å². The second kappa shape index (κ2) is 6.64. The van der Waals surface area contributed by atoms with E-state index in [1.54, 1.807) is 6.92 Å². The summed E-state index contributed by atoms with van der Waals surface area (Å²) >= 11 is 0. The molecule has 9 heteroatoms. The van der Waals surface area contributed by atoms with E-state index in [0.717, 1.165) is 18.2 Å². The van der Waals surface area contributed by atoms with Gasteiger partial charge in [-0.2, -0.15) is 0 Å². The van der Waals surface area contributed by atoms with Gasteiger partial charge in [-0.3, -0.25) is 10.1 Å². The molecule has 0 amide bonds. The van der Waals surface area contributed by atoms with E-state index in [1.165, 1.54) is 7.11 Å². The van der Waals surface area contributed by atoms with Crippen LogP contribution in [0.4, 0.5) is 5.69 Å². The number of ether oxygens (including phenoxy) is 1. The van der Waals surface area contributed by atoms with Crippen LogP contribution in [0.3, 0.4) is 0 Å². The molecule has 0 saturated carbocycles. The van der Waals surface area contributed by atoms with Gasteiger partial charge in [0, 0.05) is 18.7 Å². The lowest BCUT2D eigenvalue weighted by molar-refractivity contribution is -0.385. The average molecular weight is 303 g/mol.